The van der Waals surface area contributed by atoms with Crippen LogP contribution in [0.5, 0.6) is 5.75 Å². The van der Waals surface area contributed by atoms with Crippen molar-refractivity contribution in [3.05, 3.63) is 60.2 Å². The van der Waals surface area contributed by atoms with Crippen molar-refractivity contribution >= 4 is 62.6 Å². The minimum Gasteiger partial charge on any atom is -0.494 e. The minimum absolute atomic E-state index is 0.319. The highest BCUT2D eigenvalue weighted by Crippen LogP contribution is 2.40. The van der Waals surface area contributed by atoms with Crippen molar-refractivity contribution in [2.45, 2.75) is 6.92 Å². The molecule has 0 fully saturated rings. The van der Waals surface area contributed by atoms with Crippen LogP contribution in [0.15, 0.2) is 48.7 Å². The molecular formula is C23H20IN10OP. The highest BCUT2D eigenvalue weighted by atomic mass is 127. The third-order valence-corrected chi connectivity index (χ3v) is 7.50. The first kappa shape index (κ1) is 23.9. The van der Waals surface area contributed by atoms with Crippen LogP contribution in [0.25, 0.3) is 22.4 Å². The molecule has 0 saturated heterocycles. The number of para-hydroxylation sites is 1. The van der Waals surface area contributed by atoms with E-state index in [1.165, 1.54) is 4.80 Å². The Morgan fingerprint density at radius 3 is 2.61 bits per heavy atom. The summed E-state index contributed by atoms with van der Waals surface area (Å²) >= 11 is 2.31. The summed E-state index contributed by atoms with van der Waals surface area (Å²) in [6, 6.07) is 14.9. The maximum absolute atomic E-state index is 9.21. The lowest BCUT2D eigenvalue weighted by Crippen LogP contribution is -2.02. The largest absolute Gasteiger partial charge is 0.494 e. The Hall–Kier alpha value is -3.82. The number of nitrogens with one attached hydrogen (secondary N) is 2. The van der Waals surface area contributed by atoms with E-state index in [9.17, 15) is 5.26 Å². The van der Waals surface area contributed by atoms with Gasteiger partial charge in [0.25, 0.3) is 0 Å². The SMILES string of the molecule is COc1c(Nc2cc(Nc3cccc(C#N)n3)nc3c2nc(C)n3PI)cccc1-c1cnn(C)n1. The molecule has 0 radical (unpaired) electrons. The van der Waals surface area contributed by atoms with Crippen molar-refractivity contribution in [2.75, 3.05) is 17.7 Å². The smallest absolute Gasteiger partial charge is 0.168 e. The molecule has 0 aliphatic heterocycles. The van der Waals surface area contributed by atoms with Gasteiger partial charge in [-0.15, -0.1) is 0 Å². The second-order valence-electron chi connectivity index (χ2n) is 7.68. The van der Waals surface area contributed by atoms with Gasteiger partial charge in [0.05, 0.1) is 31.1 Å². The predicted molar refractivity (Wildman–Crippen MR) is 149 cm³/mol. The maximum Gasteiger partial charge on any atom is 0.168 e. The fourth-order valence-corrected chi connectivity index (χ4v) is 5.93. The highest BCUT2D eigenvalue weighted by molar-refractivity contribution is 14.2. The first-order chi connectivity index (χ1) is 17.5. The van der Waals surface area contributed by atoms with Crippen molar-refractivity contribution in [2.24, 2.45) is 7.05 Å². The summed E-state index contributed by atoms with van der Waals surface area (Å²) in [6.45, 7) is 1.96. The monoisotopic (exact) mass is 610 g/mol. The van der Waals surface area contributed by atoms with Crippen molar-refractivity contribution in [1.82, 2.24) is 34.3 Å². The van der Waals surface area contributed by atoms with Crippen LogP contribution in [0, 0.1) is 18.3 Å². The van der Waals surface area contributed by atoms with E-state index in [0.717, 1.165) is 33.9 Å². The van der Waals surface area contributed by atoms with Gasteiger partial charge in [-0.05, 0) is 53.2 Å². The normalized spacial score (nSPS) is 11.2. The lowest BCUT2D eigenvalue weighted by Gasteiger charge is -2.15. The lowest BCUT2D eigenvalue weighted by atomic mass is 10.1. The van der Waals surface area contributed by atoms with Gasteiger partial charge in [0.15, 0.2) is 11.4 Å². The zero-order valence-electron chi connectivity index (χ0n) is 19.5. The molecule has 0 amide bonds. The van der Waals surface area contributed by atoms with Gasteiger partial charge in [-0.3, -0.25) is 4.34 Å². The number of fused-ring (bicyclic) bond motifs is 1. The Morgan fingerprint density at radius 2 is 1.89 bits per heavy atom. The number of aryl methyl sites for hydroxylation is 2. The first-order valence-electron chi connectivity index (χ1n) is 10.7. The van der Waals surface area contributed by atoms with Crippen molar-refractivity contribution < 1.29 is 4.74 Å². The van der Waals surface area contributed by atoms with E-state index in [0.29, 0.717) is 35.1 Å². The zero-order chi connectivity index (χ0) is 25.2. The number of aromatic nitrogens is 7. The van der Waals surface area contributed by atoms with Crippen molar-refractivity contribution in [1.29, 1.82) is 5.26 Å². The summed E-state index contributed by atoms with van der Waals surface area (Å²) in [5.74, 6) is 2.57. The Bertz CT molecular complexity index is 1620. The molecule has 11 nitrogen and oxygen atoms in total. The zero-order valence-corrected chi connectivity index (χ0v) is 22.6. The van der Waals surface area contributed by atoms with Gasteiger partial charge in [-0.25, -0.2) is 15.0 Å². The molecule has 4 heterocycles. The number of nitrogens with zero attached hydrogens (tertiary/aromatic N) is 8. The van der Waals surface area contributed by atoms with E-state index >= 15 is 0 Å². The van der Waals surface area contributed by atoms with E-state index in [1.54, 1.807) is 38.6 Å². The minimum atomic E-state index is 0.319. The Morgan fingerprint density at radius 1 is 1.06 bits per heavy atom. The molecule has 13 heteroatoms. The molecule has 1 atom stereocenters. The van der Waals surface area contributed by atoms with E-state index in [4.69, 9.17) is 14.7 Å². The number of nitriles is 1. The molecule has 1 aromatic carbocycles. The van der Waals surface area contributed by atoms with E-state index in [1.807, 2.05) is 31.2 Å². The van der Waals surface area contributed by atoms with Crippen LogP contribution < -0.4 is 15.4 Å². The fourth-order valence-electron chi connectivity index (χ4n) is 3.79. The molecule has 4 aromatic heterocycles. The van der Waals surface area contributed by atoms with E-state index < -0.39 is 0 Å². The van der Waals surface area contributed by atoms with E-state index in [2.05, 4.69) is 58.3 Å². The molecule has 0 spiro atoms. The maximum atomic E-state index is 9.21. The molecule has 36 heavy (non-hydrogen) atoms. The Kier molecular flexibility index (Phi) is 6.67. The standard InChI is InChI=1S/C23H20IN10OP/c1-13-27-21-17(29-16-8-5-7-15(22(16)35-3)18-12-26-33(2)32-18)10-20(31-23(21)34(13)36-24)30-19-9-4-6-14(11-25)28-19/h4-10,12,36H,1-3H3,(H2,28,29,30,31). The van der Waals surface area contributed by atoms with Crippen molar-refractivity contribution in [3.63, 3.8) is 0 Å². The van der Waals surface area contributed by atoms with Crippen LogP contribution in [-0.4, -0.2) is 41.4 Å². The van der Waals surface area contributed by atoms with Gasteiger partial charge in [0, 0.05) is 18.7 Å². The molecule has 5 aromatic rings. The average molecular weight is 610 g/mol. The lowest BCUT2D eigenvalue weighted by molar-refractivity contribution is 0.418. The van der Waals surface area contributed by atoms with Crippen LogP contribution in [0.2, 0.25) is 0 Å². The summed E-state index contributed by atoms with van der Waals surface area (Å²) in [5.41, 5.74) is 4.78. The second-order valence-corrected chi connectivity index (χ2v) is 9.75. The van der Waals surface area contributed by atoms with Crippen LogP contribution in [0.3, 0.4) is 0 Å². The number of hydrogen-bond acceptors (Lipinski definition) is 9. The molecule has 180 valence electrons. The van der Waals surface area contributed by atoms with Crippen LogP contribution in [-0.2, 0) is 7.05 Å². The van der Waals surface area contributed by atoms with Gasteiger partial charge >= 0.3 is 0 Å². The number of pyridine rings is 2. The molecule has 1 unspecified atom stereocenters. The topological polar surface area (TPSA) is 131 Å². The van der Waals surface area contributed by atoms with E-state index in [-0.39, 0.29) is 0 Å². The summed E-state index contributed by atoms with van der Waals surface area (Å²) in [4.78, 5) is 15.4. The summed E-state index contributed by atoms with van der Waals surface area (Å²) < 4.78 is 7.84. The highest BCUT2D eigenvalue weighted by Gasteiger charge is 2.18. The number of benzene rings is 1. The molecule has 5 rings (SSSR count). The molecule has 0 saturated carbocycles. The molecule has 0 bridgehead atoms. The van der Waals surface area contributed by atoms with Crippen molar-refractivity contribution in [3.8, 4) is 23.1 Å². The van der Waals surface area contributed by atoms with Gasteiger partial charge in [-0.1, -0.05) is 12.1 Å². The molecule has 0 aliphatic carbocycles. The fraction of sp³-hybridized carbons (Fsp3) is 0.130. The summed E-state index contributed by atoms with van der Waals surface area (Å²) in [7, 11) is 3.40. The molecule has 0 aliphatic rings. The molecular weight excluding hydrogens is 590 g/mol. The number of rotatable bonds is 7. The second kappa shape index (κ2) is 10.0. The average Bonchev–Trinajstić information content (AvgIpc) is 3.46. The van der Waals surface area contributed by atoms with Crippen LogP contribution >= 0.6 is 28.4 Å². The summed E-state index contributed by atoms with van der Waals surface area (Å²) in [6.07, 6.45) is 2.12. The van der Waals surface area contributed by atoms with Crippen LogP contribution in [0.4, 0.5) is 23.0 Å². The summed E-state index contributed by atoms with van der Waals surface area (Å²) in [5, 5.41) is 24.5. The third kappa shape index (κ3) is 4.55. The Labute approximate surface area is 221 Å². The number of hydrogen-bond donors (Lipinski definition) is 2. The van der Waals surface area contributed by atoms with Gasteiger partial charge < -0.3 is 15.4 Å². The van der Waals surface area contributed by atoms with Gasteiger partial charge in [-0.2, -0.15) is 20.3 Å². The number of halogens is 1. The van der Waals surface area contributed by atoms with Crippen LogP contribution in [0.1, 0.15) is 11.5 Å². The number of methoxy groups -OCH3 is 1. The quantitative estimate of drug-likeness (QED) is 0.191. The van der Waals surface area contributed by atoms with Gasteiger partial charge in [0.2, 0.25) is 0 Å². The van der Waals surface area contributed by atoms with Gasteiger partial charge in [0.1, 0.15) is 40.4 Å². The third-order valence-electron chi connectivity index (χ3n) is 5.35. The first-order valence-corrected chi connectivity index (χ1v) is 14.8. The Balaban J connectivity index is 1.62. The number of imidazole rings is 1. The number of ether oxygens (including phenoxy) is 1. The molecule has 2 N–H and O–H groups in total. The predicted octanol–water partition coefficient (Wildman–Crippen LogP) is 5.09. The number of anilines is 4.